The summed E-state index contributed by atoms with van der Waals surface area (Å²) in [7, 11) is -0.184. The number of aryl methyl sites for hydroxylation is 1. The number of nitrogens with zero attached hydrogens (tertiary/aromatic N) is 3. The van der Waals surface area contributed by atoms with Gasteiger partial charge in [0.2, 0.25) is 0 Å². The summed E-state index contributed by atoms with van der Waals surface area (Å²) in [6, 6.07) is 1.88. The number of rotatable bonds is 5. The van der Waals surface area contributed by atoms with Crippen molar-refractivity contribution in [2.75, 3.05) is 14.1 Å². The summed E-state index contributed by atoms with van der Waals surface area (Å²) >= 11 is 0. The summed E-state index contributed by atoms with van der Waals surface area (Å²) in [6.07, 6.45) is 5.32. The van der Waals surface area contributed by atoms with E-state index in [1.165, 1.54) is 15.0 Å². The zero-order chi connectivity index (χ0) is 14.8. The van der Waals surface area contributed by atoms with Crippen molar-refractivity contribution in [3.63, 3.8) is 0 Å². The highest BCUT2D eigenvalue weighted by Crippen LogP contribution is 2.24. The lowest BCUT2D eigenvalue weighted by Gasteiger charge is -2.32. The Balaban J connectivity index is 2.04. The van der Waals surface area contributed by atoms with Gasteiger partial charge < -0.3 is 4.52 Å². The predicted octanol–water partition coefficient (Wildman–Crippen LogP) is 1.92. The van der Waals surface area contributed by atoms with E-state index in [2.05, 4.69) is 5.16 Å². The van der Waals surface area contributed by atoms with Crippen LogP contribution in [0.3, 0.4) is 0 Å². The fraction of sp³-hybridized carbons (Fsp3) is 0.769. The fourth-order valence-electron chi connectivity index (χ4n) is 2.66. The molecular formula is C13H23N3O3S. The summed E-state index contributed by atoms with van der Waals surface area (Å²) in [5.41, 5.74) is 0.630. The first-order chi connectivity index (χ1) is 9.41. The summed E-state index contributed by atoms with van der Waals surface area (Å²) in [6.45, 7) is 2.02. The van der Waals surface area contributed by atoms with E-state index >= 15 is 0 Å². The molecular weight excluding hydrogens is 278 g/mol. The Morgan fingerprint density at radius 1 is 1.30 bits per heavy atom. The van der Waals surface area contributed by atoms with Crippen LogP contribution in [-0.4, -0.2) is 42.3 Å². The first-order valence-corrected chi connectivity index (χ1v) is 8.42. The maximum absolute atomic E-state index is 12.5. The maximum atomic E-state index is 12.5. The van der Waals surface area contributed by atoms with Gasteiger partial charge >= 0.3 is 0 Å². The molecule has 0 spiro atoms. The molecule has 1 aromatic rings. The van der Waals surface area contributed by atoms with Gasteiger partial charge in [0.25, 0.3) is 10.2 Å². The van der Waals surface area contributed by atoms with E-state index in [1.807, 2.05) is 0 Å². The SMILES string of the molecule is Cc1cc(CN(C)S(=O)(=O)N(C)C2CCCCC2)no1. The average Bonchev–Trinajstić information content (AvgIpc) is 2.84. The summed E-state index contributed by atoms with van der Waals surface area (Å²) in [4.78, 5) is 0. The van der Waals surface area contributed by atoms with E-state index in [9.17, 15) is 8.42 Å². The van der Waals surface area contributed by atoms with Crippen LogP contribution in [0.5, 0.6) is 0 Å². The number of hydrogen-bond acceptors (Lipinski definition) is 4. The Bertz CT molecular complexity index is 535. The minimum absolute atomic E-state index is 0.121. The Labute approximate surface area is 120 Å². The van der Waals surface area contributed by atoms with Crippen molar-refractivity contribution in [3.05, 3.63) is 17.5 Å². The molecule has 0 aromatic carbocycles. The number of hydrogen-bond donors (Lipinski definition) is 0. The van der Waals surface area contributed by atoms with Crippen molar-refractivity contribution >= 4 is 10.2 Å². The quantitative estimate of drug-likeness (QED) is 0.833. The van der Waals surface area contributed by atoms with Crippen LogP contribution in [-0.2, 0) is 16.8 Å². The van der Waals surface area contributed by atoms with Gasteiger partial charge in [-0.15, -0.1) is 0 Å². The summed E-state index contributed by atoms with van der Waals surface area (Å²) in [5.74, 6) is 0.687. The van der Waals surface area contributed by atoms with E-state index in [0.717, 1.165) is 25.7 Å². The van der Waals surface area contributed by atoms with Gasteiger partial charge in [-0.05, 0) is 19.8 Å². The van der Waals surface area contributed by atoms with Crippen molar-refractivity contribution in [1.82, 2.24) is 13.8 Å². The lowest BCUT2D eigenvalue weighted by Crippen LogP contribution is -2.45. The molecule has 2 rings (SSSR count). The van der Waals surface area contributed by atoms with Gasteiger partial charge in [0.1, 0.15) is 5.76 Å². The second-order valence-electron chi connectivity index (χ2n) is 5.50. The second-order valence-corrected chi connectivity index (χ2v) is 7.60. The molecule has 1 fully saturated rings. The fourth-order valence-corrected chi connectivity index (χ4v) is 3.98. The molecule has 1 aliphatic carbocycles. The molecule has 1 aliphatic rings. The number of aromatic nitrogens is 1. The van der Waals surface area contributed by atoms with Gasteiger partial charge in [-0.1, -0.05) is 24.4 Å². The minimum Gasteiger partial charge on any atom is -0.361 e. The first-order valence-electron chi connectivity index (χ1n) is 7.03. The minimum atomic E-state index is -3.44. The average molecular weight is 301 g/mol. The standard InChI is InChI=1S/C13H23N3O3S/c1-11-9-12(14-19-11)10-15(2)20(17,18)16(3)13-7-5-4-6-8-13/h9,13H,4-8,10H2,1-3H3. The third-order valence-electron chi connectivity index (χ3n) is 3.91. The van der Waals surface area contributed by atoms with Crippen molar-refractivity contribution in [2.45, 2.75) is 51.6 Å². The normalized spacial score (nSPS) is 18.1. The lowest BCUT2D eigenvalue weighted by atomic mass is 9.96. The Morgan fingerprint density at radius 2 is 1.95 bits per heavy atom. The van der Waals surface area contributed by atoms with Crippen LogP contribution in [0.25, 0.3) is 0 Å². The Morgan fingerprint density at radius 3 is 2.50 bits per heavy atom. The van der Waals surface area contributed by atoms with E-state index in [-0.39, 0.29) is 12.6 Å². The van der Waals surface area contributed by atoms with Crippen LogP contribution >= 0.6 is 0 Å². The van der Waals surface area contributed by atoms with Crippen molar-refractivity contribution in [2.24, 2.45) is 0 Å². The van der Waals surface area contributed by atoms with Crippen molar-refractivity contribution < 1.29 is 12.9 Å². The predicted molar refractivity (Wildman–Crippen MR) is 76.3 cm³/mol. The highest BCUT2D eigenvalue weighted by atomic mass is 32.2. The largest absolute Gasteiger partial charge is 0.361 e. The molecule has 0 N–H and O–H groups in total. The topological polar surface area (TPSA) is 66.7 Å². The maximum Gasteiger partial charge on any atom is 0.282 e. The molecule has 0 amide bonds. The summed E-state index contributed by atoms with van der Waals surface area (Å²) < 4.78 is 32.9. The van der Waals surface area contributed by atoms with Gasteiger partial charge in [-0.25, -0.2) is 0 Å². The first kappa shape index (κ1) is 15.5. The van der Waals surface area contributed by atoms with E-state index in [0.29, 0.717) is 11.5 Å². The van der Waals surface area contributed by atoms with Crippen LogP contribution in [0.15, 0.2) is 10.6 Å². The van der Waals surface area contributed by atoms with Crippen molar-refractivity contribution in [1.29, 1.82) is 0 Å². The van der Waals surface area contributed by atoms with Gasteiger partial charge in [0.15, 0.2) is 0 Å². The molecule has 0 radical (unpaired) electrons. The lowest BCUT2D eigenvalue weighted by molar-refractivity contribution is 0.267. The van der Waals surface area contributed by atoms with Gasteiger partial charge in [0, 0.05) is 26.2 Å². The van der Waals surface area contributed by atoms with E-state index < -0.39 is 10.2 Å². The molecule has 0 atom stereocenters. The Kier molecular flexibility index (Phi) is 4.82. The molecule has 0 aliphatic heterocycles. The van der Waals surface area contributed by atoms with Crippen LogP contribution < -0.4 is 0 Å². The van der Waals surface area contributed by atoms with Gasteiger partial charge in [0.05, 0.1) is 12.2 Å². The van der Waals surface area contributed by atoms with Crippen LogP contribution in [0, 0.1) is 6.92 Å². The Hall–Kier alpha value is -0.920. The summed E-state index contributed by atoms with van der Waals surface area (Å²) in [5, 5.41) is 3.84. The smallest absolute Gasteiger partial charge is 0.282 e. The third-order valence-corrected chi connectivity index (χ3v) is 5.85. The van der Waals surface area contributed by atoms with E-state index in [1.54, 1.807) is 27.1 Å². The van der Waals surface area contributed by atoms with E-state index in [4.69, 9.17) is 4.52 Å². The highest BCUT2D eigenvalue weighted by molar-refractivity contribution is 7.86. The molecule has 1 aromatic heterocycles. The van der Waals surface area contributed by atoms with Crippen LogP contribution in [0.2, 0.25) is 0 Å². The monoisotopic (exact) mass is 301 g/mol. The molecule has 7 heteroatoms. The van der Waals surface area contributed by atoms with Crippen LogP contribution in [0.4, 0.5) is 0 Å². The molecule has 6 nitrogen and oxygen atoms in total. The molecule has 1 saturated carbocycles. The molecule has 1 heterocycles. The molecule has 20 heavy (non-hydrogen) atoms. The third kappa shape index (κ3) is 3.39. The second kappa shape index (κ2) is 6.24. The molecule has 0 unspecified atom stereocenters. The highest BCUT2D eigenvalue weighted by Gasteiger charge is 2.31. The molecule has 114 valence electrons. The van der Waals surface area contributed by atoms with Crippen molar-refractivity contribution in [3.8, 4) is 0 Å². The van der Waals surface area contributed by atoms with Crippen LogP contribution in [0.1, 0.15) is 43.6 Å². The van der Waals surface area contributed by atoms with Gasteiger partial charge in [-0.2, -0.15) is 17.0 Å². The zero-order valence-corrected chi connectivity index (χ0v) is 13.2. The molecule has 0 saturated heterocycles. The zero-order valence-electron chi connectivity index (χ0n) is 12.4. The van der Waals surface area contributed by atoms with Gasteiger partial charge in [-0.3, -0.25) is 0 Å². The molecule has 0 bridgehead atoms.